The first-order valence-corrected chi connectivity index (χ1v) is 28.5. The van der Waals surface area contributed by atoms with Gasteiger partial charge in [-0.3, -0.25) is 9.59 Å². The second kappa shape index (κ2) is 51.1. The minimum absolute atomic E-state index is 0.0258. The summed E-state index contributed by atoms with van der Waals surface area (Å²) in [7, 11) is 5.41. The van der Waals surface area contributed by atoms with E-state index in [0.29, 0.717) is 12.8 Å². The van der Waals surface area contributed by atoms with Crippen LogP contribution >= 0.6 is 0 Å². The molecule has 398 valence electrons. The molecule has 0 aliphatic rings. The third kappa shape index (κ3) is 49.5. The maximum absolute atomic E-state index is 12.8. The van der Waals surface area contributed by atoms with Crippen molar-refractivity contribution in [3.8, 4) is 0 Å². The number of allylic oxidation sites excluding steroid dienone is 12. The Labute approximate surface area is 425 Å². The molecule has 0 radical (unpaired) electrons. The highest BCUT2D eigenvalue weighted by Gasteiger charge is 2.25. The number of hydrogen-bond donors (Lipinski definition) is 0. The first kappa shape index (κ1) is 65.8. The highest BCUT2D eigenvalue weighted by atomic mass is 16.6. The van der Waals surface area contributed by atoms with Gasteiger partial charge in [0.15, 0.2) is 6.10 Å². The third-order valence-electron chi connectivity index (χ3n) is 12.6. The smallest absolute Gasteiger partial charge is 0.306 e. The van der Waals surface area contributed by atoms with E-state index in [1.165, 1.54) is 128 Å². The molecule has 0 heterocycles. The number of carboxylic acids is 1. The van der Waals surface area contributed by atoms with Crippen LogP contribution in [0.25, 0.3) is 0 Å². The number of carboxylic acid groups (broad SMARTS) is 1. The maximum atomic E-state index is 12.8. The van der Waals surface area contributed by atoms with Gasteiger partial charge in [-0.25, -0.2) is 0 Å². The number of ether oxygens (including phenoxy) is 3. The number of carbonyl (C=O) groups is 3. The lowest BCUT2D eigenvalue weighted by atomic mass is 10.0. The lowest BCUT2D eigenvalue weighted by Gasteiger charge is -2.34. The molecule has 0 aromatic heterocycles. The van der Waals surface area contributed by atoms with Crippen LogP contribution in [-0.2, 0) is 28.6 Å². The van der Waals surface area contributed by atoms with Gasteiger partial charge in [-0.05, 0) is 64.2 Å². The molecule has 0 saturated heterocycles. The summed E-state index contributed by atoms with van der Waals surface area (Å²) in [5.41, 5.74) is 0. The summed E-state index contributed by atoms with van der Waals surface area (Å²) in [6, 6.07) is -0.736. The fourth-order valence-corrected chi connectivity index (χ4v) is 8.25. The van der Waals surface area contributed by atoms with Crippen LogP contribution in [0.15, 0.2) is 72.9 Å². The van der Waals surface area contributed by atoms with Crippen molar-refractivity contribution in [1.29, 1.82) is 0 Å². The van der Waals surface area contributed by atoms with E-state index in [0.717, 1.165) is 77.0 Å². The molecule has 0 aliphatic carbocycles. The van der Waals surface area contributed by atoms with Gasteiger partial charge in [-0.2, -0.15) is 0 Å². The van der Waals surface area contributed by atoms with E-state index in [4.69, 9.17) is 14.2 Å². The Morgan fingerprint density at radius 3 is 1.20 bits per heavy atom. The number of nitrogens with zero attached hydrogens (tertiary/aromatic N) is 1. The summed E-state index contributed by atoms with van der Waals surface area (Å²) >= 11 is 0. The number of rotatable bonds is 51. The van der Waals surface area contributed by atoms with Crippen molar-refractivity contribution in [2.75, 3.05) is 41.0 Å². The number of esters is 2. The topological polar surface area (TPSA) is 102 Å². The molecule has 2 atom stereocenters. The average molecular weight is 967 g/mol. The average Bonchev–Trinajstić information content (AvgIpc) is 3.31. The summed E-state index contributed by atoms with van der Waals surface area (Å²) in [6.07, 6.45) is 66.6. The molecular weight excluding hydrogens is 859 g/mol. The predicted molar refractivity (Wildman–Crippen MR) is 291 cm³/mol. The number of carbonyl (C=O) groups excluding carboxylic acids is 3. The molecule has 8 nitrogen and oxygen atoms in total. The quantitative estimate of drug-likeness (QED) is 0.0259. The van der Waals surface area contributed by atoms with Crippen molar-refractivity contribution < 1.29 is 38.2 Å². The molecule has 0 N–H and O–H groups in total. The normalized spacial score (nSPS) is 13.3. The van der Waals surface area contributed by atoms with E-state index in [1.54, 1.807) is 21.1 Å². The number of hydrogen-bond acceptors (Lipinski definition) is 7. The van der Waals surface area contributed by atoms with Crippen LogP contribution in [-0.4, -0.2) is 75.5 Å². The van der Waals surface area contributed by atoms with Crippen LogP contribution < -0.4 is 5.11 Å². The van der Waals surface area contributed by atoms with Crippen LogP contribution in [0, 0.1) is 0 Å². The fraction of sp³-hybridized carbons (Fsp3) is 0.754. The van der Waals surface area contributed by atoms with Crippen molar-refractivity contribution in [2.24, 2.45) is 0 Å². The molecule has 2 unspecified atom stereocenters. The van der Waals surface area contributed by atoms with Crippen LogP contribution in [0.1, 0.15) is 245 Å². The largest absolute Gasteiger partial charge is 0.544 e. The van der Waals surface area contributed by atoms with Gasteiger partial charge in [0.1, 0.15) is 12.6 Å². The SMILES string of the molecule is CC/C=C/C/C=C/C/C=C/C/C=C/C/C=C/C/C=C/CCCCCC(=O)OC(COCCC(C(=O)[O-])[N+](C)(C)C)COC(=O)CCCCCCCCCCCCCCCCCCCCCCCCC. The van der Waals surface area contributed by atoms with Gasteiger partial charge in [0.25, 0.3) is 0 Å². The molecule has 8 heteroatoms. The van der Waals surface area contributed by atoms with E-state index in [1.807, 2.05) is 0 Å². The van der Waals surface area contributed by atoms with E-state index in [-0.39, 0.29) is 49.1 Å². The molecule has 0 spiro atoms. The second-order valence-corrected chi connectivity index (χ2v) is 20.2. The van der Waals surface area contributed by atoms with Crippen molar-refractivity contribution in [3.63, 3.8) is 0 Å². The van der Waals surface area contributed by atoms with Crippen molar-refractivity contribution >= 4 is 17.9 Å². The maximum Gasteiger partial charge on any atom is 0.306 e. The van der Waals surface area contributed by atoms with Crippen LogP contribution in [0.4, 0.5) is 0 Å². The fourth-order valence-electron chi connectivity index (χ4n) is 8.25. The standard InChI is InChI=1S/C61H107NO7/c1-6-8-10-12-14-16-18-20-22-24-26-28-30-32-33-35-37-39-41-43-45-47-49-51-59(63)68-56-57(55-67-54-53-58(61(65)66)62(3,4)5)69-60(64)52-50-48-46-44-42-40-38-36-34-31-29-27-25-23-21-19-17-15-13-11-9-7-2/h9,11,15,17,21,23,27,29,34,36,40,42,57-58H,6-8,10,12-14,16,18-20,22,24-26,28,30-33,35,37-39,41,43-56H2,1-5H3/b11-9+,17-15+,23-21+,29-27+,36-34+,42-40+. The number of likely N-dealkylation sites (N-methyl/N-ethyl adjacent to an activating group) is 1. The molecule has 69 heavy (non-hydrogen) atoms. The van der Waals surface area contributed by atoms with Gasteiger partial charge in [-0.15, -0.1) is 0 Å². The number of quaternary nitrogens is 1. The van der Waals surface area contributed by atoms with Gasteiger partial charge in [0, 0.05) is 19.3 Å². The minimum atomic E-state index is -1.13. The van der Waals surface area contributed by atoms with E-state index in [9.17, 15) is 19.5 Å². The Hall–Kier alpha value is -3.23. The summed E-state index contributed by atoms with van der Waals surface area (Å²) in [4.78, 5) is 37.1. The number of unbranched alkanes of at least 4 members (excludes halogenated alkanes) is 25. The van der Waals surface area contributed by atoms with Crippen LogP contribution in [0.2, 0.25) is 0 Å². The van der Waals surface area contributed by atoms with Crippen LogP contribution in [0.5, 0.6) is 0 Å². The van der Waals surface area contributed by atoms with Crippen molar-refractivity contribution in [2.45, 2.75) is 257 Å². The Morgan fingerprint density at radius 2 is 0.812 bits per heavy atom. The Balaban J connectivity index is 4.23. The molecule has 0 aliphatic heterocycles. The molecule has 0 amide bonds. The zero-order valence-electron chi connectivity index (χ0n) is 45.5. The summed E-state index contributed by atoms with van der Waals surface area (Å²) in [6.45, 7) is 4.54. The van der Waals surface area contributed by atoms with Crippen molar-refractivity contribution in [3.05, 3.63) is 72.9 Å². The van der Waals surface area contributed by atoms with Gasteiger partial charge < -0.3 is 28.6 Å². The third-order valence-corrected chi connectivity index (χ3v) is 12.6. The van der Waals surface area contributed by atoms with Gasteiger partial charge in [0.2, 0.25) is 0 Å². The van der Waals surface area contributed by atoms with Gasteiger partial charge in [0.05, 0.1) is 40.3 Å². The first-order chi connectivity index (χ1) is 33.6. The van der Waals surface area contributed by atoms with Gasteiger partial charge in [-0.1, -0.05) is 234 Å². The first-order valence-electron chi connectivity index (χ1n) is 28.5. The highest BCUT2D eigenvalue weighted by Crippen LogP contribution is 2.17. The molecular formula is C61H107NO7. The monoisotopic (exact) mass is 966 g/mol. The molecule has 0 aromatic rings. The highest BCUT2D eigenvalue weighted by molar-refractivity contribution is 5.70. The molecule has 0 bridgehead atoms. The zero-order valence-corrected chi connectivity index (χ0v) is 45.5. The van der Waals surface area contributed by atoms with E-state index in [2.05, 4.69) is 86.8 Å². The summed E-state index contributed by atoms with van der Waals surface area (Å²) < 4.78 is 17.3. The van der Waals surface area contributed by atoms with Crippen molar-refractivity contribution in [1.82, 2.24) is 0 Å². The molecule has 0 aromatic carbocycles. The van der Waals surface area contributed by atoms with Gasteiger partial charge >= 0.3 is 11.9 Å². The lowest BCUT2D eigenvalue weighted by molar-refractivity contribution is -0.889. The molecule has 0 saturated carbocycles. The van der Waals surface area contributed by atoms with Crippen LogP contribution in [0.3, 0.4) is 0 Å². The Kier molecular flexibility index (Phi) is 48.7. The summed E-state index contributed by atoms with van der Waals surface area (Å²) in [5.74, 6) is -1.77. The lowest BCUT2D eigenvalue weighted by Crippen LogP contribution is -2.55. The molecule has 0 fully saturated rings. The zero-order chi connectivity index (χ0) is 50.6. The second-order valence-electron chi connectivity index (χ2n) is 20.2. The Morgan fingerprint density at radius 1 is 0.449 bits per heavy atom. The van der Waals surface area contributed by atoms with E-state index < -0.39 is 18.1 Å². The minimum Gasteiger partial charge on any atom is -0.544 e. The van der Waals surface area contributed by atoms with E-state index >= 15 is 0 Å². The summed E-state index contributed by atoms with van der Waals surface area (Å²) in [5, 5.41) is 11.7. The molecule has 0 rings (SSSR count). The predicted octanol–water partition coefficient (Wildman–Crippen LogP) is 15.7. The number of aliphatic carboxylic acids is 1. The Bertz CT molecular complexity index is 1360.